The molecule has 3 aromatic carbocycles. The van der Waals surface area contributed by atoms with E-state index < -0.39 is 0 Å². The van der Waals surface area contributed by atoms with Crippen molar-refractivity contribution in [1.29, 1.82) is 0 Å². The Hall–Kier alpha value is -3.83. The van der Waals surface area contributed by atoms with E-state index in [1.807, 2.05) is 30.3 Å². The summed E-state index contributed by atoms with van der Waals surface area (Å²) < 4.78 is 5.91. The second-order valence-electron chi connectivity index (χ2n) is 9.02. The topological polar surface area (TPSA) is 61.8 Å². The van der Waals surface area contributed by atoms with Crippen LogP contribution in [0.4, 0.5) is 0 Å². The first-order valence-corrected chi connectivity index (χ1v) is 12.9. The number of likely N-dealkylation sites (N-methyl/N-ethyl adjacent to an activating group) is 1. The second kappa shape index (κ2) is 14.0. The monoisotopic (exact) mass is 498 g/mol. The molecule has 0 heterocycles. The van der Waals surface area contributed by atoms with Gasteiger partial charge in [0.2, 0.25) is 5.91 Å². The number of carbonyl (C=O) groups is 1. The predicted molar refractivity (Wildman–Crippen MR) is 153 cm³/mol. The van der Waals surface area contributed by atoms with Crippen LogP contribution in [0.15, 0.2) is 84.9 Å². The molecule has 0 bridgehead atoms. The van der Waals surface area contributed by atoms with Gasteiger partial charge in [-0.1, -0.05) is 68.5 Å². The van der Waals surface area contributed by atoms with Crippen molar-refractivity contribution >= 4 is 17.1 Å². The average molecular weight is 499 g/mol. The van der Waals surface area contributed by atoms with Gasteiger partial charge in [0.1, 0.15) is 18.1 Å². The minimum Gasteiger partial charge on any atom is -0.508 e. The standard InChI is InChI=1S/C32H38N2O3/c1-5-24-9-11-25(12-10-24)30(6-2)32(26-13-17-28(35)18-14-26)27-15-19-29(20-16-27)37-23-22-33-21-7-8-31(36)34(3)4/h7-20,33,35H,5-6,21-23H2,1-4H3/b8-7+,32-30-. The van der Waals surface area contributed by atoms with Crippen LogP contribution in [0.2, 0.25) is 0 Å². The number of carbonyl (C=O) groups excluding carboxylic acids is 1. The molecular weight excluding hydrogens is 460 g/mol. The number of ether oxygens (including phenoxy) is 1. The molecule has 194 valence electrons. The van der Waals surface area contributed by atoms with Crippen molar-refractivity contribution in [2.75, 3.05) is 33.8 Å². The van der Waals surface area contributed by atoms with Crippen molar-refractivity contribution in [1.82, 2.24) is 10.2 Å². The van der Waals surface area contributed by atoms with E-state index >= 15 is 0 Å². The highest BCUT2D eigenvalue weighted by Gasteiger charge is 2.13. The lowest BCUT2D eigenvalue weighted by molar-refractivity contribution is -0.123. The zero-order valence-electron chi connectivity index (χ0n) is 22.3. The summed E-state index contributed by atoms with van der Waals surface area (Å²) >= 11 is 0. The first-order valence-electron chi connectivity index (χ1n) is 12.9. The molecule has 0 aliphatic rings. The number of aryl methyl sites for hydroxylation is 1. The second-order valence-corrected chi connectivity index (χ2v) is 9.02. The fraction of sp³-hybridized carbons (Fsp3) is 0.281. The van der Waals surface area contributed by atoms with E-state index in [4.69, 9.17) is 4.74 Å². The van der Waals surface area contributed by atoms with E-state index in [0.717, 1.165) is 35.3 Å². The van der Waals surface area contributed by atoms with Gasteiger partial charge in [0.25, 0.3) is 0 Å². The number of phenols is 1. The summed E-state index contributed by atoms with van der Waals surface area (Å²) in [5.41, 5.74) is 7.09. The van der Waals surface area contributed by atoms with Gasteiger partial charge in [0, 0.05) is 33.3 Å². The molecule has 1 amide bonds. The van der Waals surface area contributed by atoms with Crippen LogP contribution in [-0.2, 0) is 11.2 Å². The maximum Gasteiger partial charge on any atom is 0.245 e. The number of aromatic hydroxyl groups is 1. The van der Waals surface area contributed by atoms with Crippen molar-refractivity contribution in [2.24, 2.45) is 0 Å². The molecule has 37 heavy (non-hydrogen) atoms. The number of nitrogens with zero attached hydrogens (tertiary/aromatic N) is 1. The number of allylic oxidation sites excluding steroid dienone is 1. The number of amides is 1. The Labute approximate surface area is 221 Å². The SMILES string of the molecule is CC/C(=C(\c1ccc(O)cc1)c1ccc(OCCNC/C=C/C(=O)N(C)C)cc1)c1ccc(CC)cc1. The molecule has 2 N–H and O–H groups in total. The lowest BCUT2D eigenvalue weighted by atomic mass is 9.88. The van der Waals surface area contributed by atoms with Gasteiger partial charge in [0.15, 0.2) is 0 Å². The summed E-state index contributed by atoms with van der Waals surface area (Å²) in [6, 6.07) is 24.4. The summed E-state index contributed by atoms with van der Waals surface area (Å²) in [5, 5.41) is 13.1. The highest BCUT2D eigenvalue weighted by atomic mass is 16.5. The Morgan fingerprint density at radius 3 is 2.05 bits per heavy atom. The molecule has 0 spiro atoms. The van der Waals surface area contributed by atoms with Crippen molar-refractivity contribution in [2.45, 2.75) is 26.7 Å². The van der Waals surface area contributed by atoms with Gasteiger partial charge in [0.05, 0.1) is 0 Å². The minimum absolute atomic E-state index is 0.0249. The maximum absolute atomic E-state index is 11.5. The Kier molecular flexibility index (Phi) is 10.5. The molecule has 5 heteroatoms. The van der Waals surface area contributed by atoms with Crippen LogP contribution in [0.25, 0.3) is 11.1 Å². The van der Waals surface area contributed by atoms with E-state index in [1.54, 1.807) is 32.3 Å². The lowest BCUT2D eigenvalue weighted by Gasteiger charge is -2.17. The fourth-order valence-corrected chi connectivity index (χ4v) is 4.06. The van der Waals surface area contributed by atoms with Crippen LogP contribution in [0.3, 0.4) is 0 Å². The van der Waals surface area contributed by atoms with Crippen LogP contribution in [0.5, 0.6) is 11.5 Å². The van der Waals surface area contributed by atoms with Gasteiger partial charge in [-0.15, -0.1) is 0 Å². The molecule has 3 rings (SSSR count). The van der Waals surface area contributed by atoms with Crippen LogP contribution in [-0.4, -0.2) is 49.7 Å². The van der Waals surface area contributed by atoms with Crippen molar-refractivity contribution in [3.63, 3.8) is 0 Å². The third-order valence-corrected chi connectivity index (χ3v) is 6.18. The van der Waals surface area contributed by atoms with E-state index in [-0.39, 0.29) is 11.7 Å². The van der Waals surface area contributed by atoms with Crippen molar-refractivity contribution in [3.05, 3.63) is 107 Å². The van der Waals surface area contributed by atoms with Crippen LogP contribution >= 0.6 is 0 Å². The van der Waals surface area contributed by atoms with Gasteiger partial charge in [-0.25, -0.2) is 0 Å². The number of benzene rings is 3. The quantitative estimate of drug-likeness (QED) is 0.184. The minimum atomic E-state index is -0.0249. The zero-order valence-corrected chi connectivity index (χ0v) is 22.3. The Morgan fingerprint density at radius 2 is 1.49 bits per heavy atom. The number of nitrogens with one attached hydrogen (secondary N) is 1. The highest BCUT2D eigenvalue weighted by Crippen LogP contribution is 2.35. The summed E-state index contributed by atoms with van der Waals surface area (Å²) in [4.78, 5) is 13.1. The molecule has 0 atom stereocenters. The molecule has 0 fully saturated rings. The zero-order chi connectivity index (χ0) is 26.6. The Morgan fingerprint density at radius 1 is 0.892 bits per heavy atom. The average Bonchev–Trinajstić information content (AvgIpc) is 2.92. The summed E-state index contributed by atoms with van der Waals surface area (Å²) in [6.07, 6.45) is 5.27. The number of hydrogen-bond acceptors (Lipinski definition) is 4. The molecule has 0 radical (unpaired) electrons. The number of hydrogen-bond donors (Lipinski definition) is 2. The molecule has 0 unspecified atom stereocenters. The van der Waals surface area contributed by atoms with E-state index in [1.165, 1.54) is 21.6 Å². The van der Waals surface area contributed by atoms with Gasteiger partial charge < -0.3 is 20.1 Å². The third-order valence-electron chi connectivity index (χ3n) is 6.18. The molecule has 0 aliphatic heterocycles. The summed E-state index contributed by atoms with van der Waals surface area (Å²) in [5.74, 6) is 1.04. The molecular formula is C32H38N2O3. The van der Waals surface area contributed by atoms with E-state index in [0.29, 0.717) is 19.7 Å². The first kappa shape index (κ1) is 27.8. The number of rotatable bonds is 12. The molecule has 0 saturated heterocycles. The summed E-state index contributed by atoms with van der Waals surface area (Å²) in [6.45, 7) is 6.16. The van der Waals surface area contributed by atoms with Crippen LogP contribution in [0, 0.1) is 0 Å². The van der Waals surface area contributed by atoms with Gasteiger partial charge in [-0.2, -0.15) is 0 Å². The third kappa shape index (κ3) is 8.09. The van der Waals surface area contributed by atoms with Gasteiger partial charge >= 0.3 is 0 Å². The van der Waals surface area contributed by atoms with Gasteiger partial charge in [-0.05, 0) is 70.5 Å². The van der Waals surface area contributed by atoms with Crippen LogP contribution < -0.4 is 10.1 Å². The Balaban J connectivity index is 1.75. The molecule has 5 nitrogen and oxygen atoms in total. The number of phenolic OH excluding ortho intramolecular Hbond substituents is 1. The smallest absolute Gasteiger partial charge is 0.245 e. The van der Waals surface area contributed by atoms with Crippen molar-refractivity contribution in [3.8, 4) is 11.5 Å². The molecule has 0 aliphatic carbocycles. The molecule has 3 aromatic rings. The normalized spacial score (nSPS) is 11.9. The predicted octanol–water partition coefficient (Wildman–Crippen LogP) is 5.94. The highest BCUT2D eigenvalue weighted by molar-refractivity contribution is 5.98. The lowest BCUT2D eigenvalue weighted by Crippen LogP contribution is -2.22. The van der Waals surface area contributed by atoms with Crippen molar-refractivity contribution < 1.29 is 14.6 Å². The summed E-state index contributed by atoms with van der Waals surface area (Å²) in [7, 11) is 3.46. The molecule has 0 aromatic heterocycles. The Bertz CT molecular complexity index is 1190. The maximum atomic E-state index is 11.5. The largest absolute Gasteiger partial charge is 0.508 e. The van der Waals surface area contributed by atoms with E-state index in [9.17, 15) is 9.90 Å². The van der Waals surface area contributed by atoms with Crippen LogP contribution in [0.1, 0.15) is 42.5 Å². The van der Waals surface area contributed by atoms with Gasteiger partial charge in [-0.3, -0.25) is 4.79 Å². The first-order chi connectivity index (χ1) is 17.9. The van der Waals surface area contributed by atoms with E-state index in [2.05, 4.69) is 55.6 Å². The molecule has 0 saturated carbocycles. The fourth-order valence-electron chi connectivity index (χ4n) is 4.06.